The number of hydrogen-bond donors (Lipinski definition) is 1. The molecule has 8 heteroatoms. The molecule has 0 unspecified atom stereocenters. The minimum atomic E-state index is -3.65. The van der Waals surface area contributed by atoms with Gasteiger partial charge in [-0.05, 0) is 89.2 Å². The SMILES string of the molecule is O=C(COc1ccc(S(=O)(=O)N2CCc3ccccc32)cc1)Nc1ccc(I)cc1. The highest BCUT2D eigenvalue weighted by Crippen LogP contribution is 2.33. The van der Waals surface area contributed by atoms with Crippen molar-refractivity contribution in [1.29, 1.82) is 0 Å². The zero-order valence-corrected chi connectivity index (χ0v) is 18.9. The van der Waals surface area contributed by atoms with Crippen LogP contribution in [0.1, 0.15) is 5.56 Å². The molecule has 1 aliphatic rings. The summed E-state index contributed by atoms with van der Waals surface area (Å²) in [5.74, 6) is 0.134. The number of benzene rings is 3. The van der Waals surface area contributed by atoms with Crippen LogP contribution >= 0.6 is 22.6 Å². The summed E-state index contributed by atoms with van der Waals surface area (Å²) in [6.07, 6.45) is 0.701. The molecule has 1 amide bonds. The maximum Gasteiger partial charge on any atom is 0.264 e. The van der Waals surface area contributed by atoms with Gasteiger partial charge in [0, 0.05) is 15.8 Å². The Morgan fingerprint density at radius 2 is 1.70 bits per heavy atom. The molecule has 3 aromatic carbocycles. The standard InChI is InChI=1S/C22H19IN2O4S/c23-17-5-7-18(8-6-17)24-22(26)15-29-19-9-11-20(12-10-19)30(27,28)25-14-13-16-3-1-2-4-21(16)25/h1-12H,13-15H2,(H,24,26). The summed E-state index contributed by atoms with van der Waals surface area (Å²) < 4.78 is 34.1. The zero-order chi connectivity index (χ0) is 21.1. The summed E-state index contributed by atoms with van der Waals surface area (Å²) in [6.45, 7) is 0.260. The van der Waals surface area contributed by atoms with Crippen molar-refractivity contribution in [1.82, 2.24) is 0 Å². The van der Waals surface area contributed by atoms with E-state index in [1.54, 1.807) is 12.1 Å². The molecule has 0 bridgehead atoms. The van der Waals surface area contributed by atoms with E-state index in [0.717, 1.165) is 14.8 Å². The average Bonchev–Trinajstić information content (AvgIpc) is 3.19. The van der Waals surface area contributed by atoms with Crippen LogP contribution in [0.3, 0.4) is 0 Å². The summed E-state index contributed by atoms with van der Waals surface area (Å²) in [5, 5.41) is 2.75. The fraction of sp³-hybridized carbons (Fsp3) is 0.136. The molecule has 0 atom stereocenters. The summed E-state index contributed by atoms with van der Waals surface area (Å²) in [5.41, 5.74) is 2.45. The van der Waals surface area contributed by atoms with Crippen molar-refractivity contribution in [3.05, 3.63) is 81.9 Å². The van der Waals surface area contributed by atoms with Crippen molar-refractivity contribution in [2.45, 2.75) is 11.3 Å². The average molecular weight is 534 g/mol. The molecule has 30 heavy (non-hydrogen) atoms. The number of ether oxygens (including phenoxy) is 1. The van der Waals surface area contributed by atoms with E-state index in [0.29, 0.717) is 24.4 Å². The molecule has 0 fully saturated rings. The van der Waals surface area contributed by atoms with Crippen molar-refractivity contribution in [2.75, 3.05) is 22.8 Å². The fourth-order valence-corrected chi connectivity index (χ4v) is 5.13. The molecule has 0 spiro atoms. The largest absolute Gasteiger partial charge is 0.484 e. The summed E-state index contributed by atoms with van der Waals surface area (Å²) in [6, 6.07) is 21.1. The van der Waals surface area contributed by atoms with Gasteiger partial charge in [0.2, 0.25) is 0 Å². The number of sulfonamides is 1. The Balaban J connectivity index is 1.39. The number of anilines is 2. The number of rotatable bonds is 6. The number of amides is 1. The highest BCUT2D eigenvalue weighted by molar-refractivity contribution is 14.1. The smallest absolute Gasteiger partial charge is 0.264 e. The number of para-hydroxylation sites is 1. The van der Waals surface area contributed by atoms with Crippen LogP contribution in [0, 0.1) is 3.57 Å². The van der Waals surface area contributed by atoms with Gasteiger partial charge in [0.15, 0.2) is 6.61 Å². The number of carbonyl (C=O) groups is 1. The third-order valence-electron chi connectivity index (χ3n) is 4.75. The number of halogens is 1. The van der Waals surface area contributed by atoms with Gasteiger partial charge in [0.05, 0.1) is 10.6 Å². The summed E-state index contributed by atoms with van der Waals surface area (Å²) >= 11 is 2.19. The van der Waals surface area contributed by atoms with Crippen molar-refractivity contribution < 1.29 is 17.9 Å². The Morgan fingerprint density at radius 1 is 1.00 bits per heavy atom. The fourth-order valence-electron chi connectivity index (χ4n) is 3.27. The molecule has 154 valence electrons. The van der Waals surface area contributed by atoms with Gasteiger partial charge in [0.25, 0.3) is 15.9 Å². The van der Waals surface area contributed by atoms with Gasteiger partial charge in [-0.25, -0.2) is 8.42 Å². The molecule has 1 N–H and O–H groups in total. The van der Waals surface area contributed by atoms with E-state index in [2.05, 4.69) is 27.9 Å². The van der Waals surface area contributed by atoms with Crippen molar-refractivity contribution in [3.63, 3.8) is 0 Å². The van der Waals surface area contributed by atoms with Crippen molar-refractivity contribution in [2.24, 2.45) is 0 Å². The molecule has 1 aliphatic heterocycles. The number of nitrogens with one attached hydrogen (secondary N) is 1. The number of carbonyl (C=O) groups excluding carboxylic acids is 1. The van der Waals surface area contributed by atoms with Crippen LogP contribution in [0.4, 0.5) is 11.4 Å². The molecule has 3 aromatic rings. The van der Waals surface area contributed by atoms with Crippen LogP contribution in [-0.4, -0.2) is 27.5 Å². The summed E-state index contributed by atoms with van der Waals surface area (Å²) in [4.78, 5) is 12.2. The van der Waals surface area contributed by atoms with E-state index in [1.807, 2.05) is 48.5 Å². The Bertz CT molecular complexity index is 1160. The Kier molecular flexibility index (Phi) is 5.96. The first-order valence-electron chi connectivity index (χ1n) is 9.32. The highest BCUT2D eigenvalue weighted by Gasteiger charge is 2.30. The monoisotopic (exact) mass is 534 g/mol. The quantitative estimate of drug-likeness (QED) is 0.485. The maximum absolute atomic E-state index is 13.0. The van der Waals surface area contributed by atoms with E-state index in [1.165, 1.54) is 16.4 Å². The molecular weight excluding hydrogens is 515 g/mol. The van der Waals surface area contributed by atoms with Gasteiger partial charge < -0.3 is 10.1 Å². The predicted molar refractivity (Wildman–Crippen MR) is 124 cm³/mol. The summed E-state index contributed by atoms with van der Waals surface area (Å²) in [7, 11) is -3.65. The molecule has 0 saturated carbocycles. The van der Waals surface area contributed by atoms with Crippen LogP contribution in [0.2, 0.25) is 0 Å². The molecule has 0 saturated heterocycles. The second-order valence-corrected chi connectivity index (χ2v) is 9.88. The lowest BCUT2D eigenvalue weighted by Crippen LogP contribution is -2.29. The molecule has 0 aliphatic carbocycles. The van der Waals surface area contributed by atoms with Crippen LogP contribution in [-0.2, 0) is 21.2 Å². The van der Waals surface area contributed by atoms with Gasteiger partial charge in [0.1, 0.15) is 5.75 Å². The maximum atomic E-state index is 13.0. The van der Waals surface area contributed by atoms with E-state index in [-0.39, 0.29) is 17.4 Å². The Hall–Kier alpha value is -2.59. The van der Waals surface area contributed by atoms with E-state index in [4.69, 9.17) is 4.74 Å². The first kappa shape index (κ1) is 20.7. The van der Waals surface area contributed by atoms with Gasteiger partial charge in [-0.2, -0.15) is 0 Å². The second kappa shape index (κ2) is 8.65. The van der Waals surface area contributed by atoms with Gasteiger partial charge in [-0.15, -0.1) is 0 Å². The zero-order valence-electron chi connectivity index (χ0n) is 15.9. The minimum absolute atomic E-state index is 0.169. The van der Waals surface area contributed by atoms with Gasteiger partial charge in [-0.1, -0.05) is 18.2 Å². The highest BCUT2D eigenvalue weighted by atomic mass is 127. The van der Waals surface area contributed by atoms with E-state index < -0.39 is 10.0 Å². The van der Waals surface area contributed by atoms with Crippen LogP contribution in [0.25, 0.3) is 0 Å². The topological polar surface area (TPSA) is 75.7 Å². The van der Waals surface area contributed by atoms with E-state index >= 15 is 0 Å². The van der Waals surface area contributed by atoms with Gasteiger partial charge in [-0.3, -0.25) is 9.10 Å². The third kappa shape index (κ3) is 4.44. The normalized spacial score (nSPS) is 13.0. The lowest BCUT2D eigenvalue weighted by molar-refractivity contribution is -0.118. The lowest BCUT2D eigenvalue weighted by atomic mass is 10.2. The number of nitrogens with zero attached hydrogens (tertiary/aromatic N) is 1. The molecule has 4 rings (SSSR count). The van der Waals surface area contributed by atoms with Gasteiger partial charge >= 0.3 is 0 Å². The number of fused-ring (bicyclic) bond motifs is 1. The number of hydrogen-bond acceptors (Lipinski definition) is 4. The van der Waals surface area contributed by atoms with Crippen molar-refractivity contribution >= 4 is 49.9 Å². The van der Waals surface area contributed by atoms with Crippen LogP contribution < -0.4 is 14.4 Å². The third-order valence-corrected chi connectivity index (χ3v) is 7.30. The van der Waals surface area contributed by atoms with E-state index in [9.17, 15) is 13.2 Å². The minimum Gasteiger partial charge on any atom is -0.484 e. The first-order valence-corrected chi connectivity index (χ1v) is 11.8. The molecule has 0 radical (unpaired) electrons. The Labute approximate surface area is 189 Å². The van der Waals surface area contributed by atoms with Crippen LogP contribution in [0.5, 0.6) is 5.75 Å². The molecule has 1 heterocycles. The predicted octanol–water partition coefficient (Wildman–Crippen LogP) is 4.06. The van der Waals surface area contributed by atoms with Crippen molar-refractivity contribution in [3.8, 4) is 5.75 Å². The molecule has 6 nitrogen and oxygen atoms in total. The molecule has 0 aromatic heterocycles. The lowest BCUT2D eigenvalue weighted by Gasteiger charge is -2.19. The van der Waals surface area contributed by atoms with Crippen LogP contribution in [0.15, 0.2) is 77.7 Å². The first-order chi connectivity index (χ1) is 14.4. The molecular formula is C22H19IN2O4S. The second-order valence-electron chi connectivity index (χ2n) is 6.77. The Morgan fingerprint density at radius 3 is 2.43 bits per heavy atom.